The van der Waals surface area contributed by atoms with Crippen molar-refractivity contribution in [2.24, 2.45) is 5.92 Å². The quantitative estimate of drug-likeness (QED) is 0.915. The van der Waals surface area contributed by atoms with E-state index in [1.807, 2.05) is 13.0 Å². The first-order chi connectivity index (χ1) is 9.76. The molecule has 3 atom stereocenters. The Morgan fingerprint density at radius 1 is 1.35 bits per heavy atom. The van der Waals surface area contributed by atoms with E-state index in [1.54, 1.807) is 7.11 Å². The molecule has 2 heterocycles. The van der Waals surface area contributed by atoms with Gasteiger partial charge in [0.15, 0.2) is 5.82 Å². The zero-order chi connectivity index (χ0) is 13.9. The van der Waals surface area contributed by atoms with Crippen molar-refractivity contribution in [2.75, 3.05) is 19.0 Å². The maximum absolute atomic E-state index is 5.82. The summed E-state index contributed by atoms with van der Waals surface area (Å²) in [6.45, 7) is 3.36. The number of rotatable bonds is 4. The summed E-state index contributed by atoms with van der Waals surface area (Å²) >= 11 is 0. The number of hydrogen-bond acceptors (Lipinski definition) is 5. The van der Waals surface area contributed by atoms with Crippen molar-refractivity contribution in [1.82, 2.24) is 9.97 Å². The minimum Gasteiger partial charge on any atom is -0.378 e. The number of nitrogens with one attached hydrogen (secondary N) is 1. The van der Waals surface area contributed by atoms with E-state index in [1.165, 1.54) is 19.3 Å². The lowest BCUT2D eigenvalue weighted by Crippen LogP contribution is -2.38. The summed E-state index contributed by atoms with van der Waals surface area (Å²) in [5.74, 6) is 2.29. The van der Waals surface area contributed by atoms with Gasteiger partial charge >= 0.3 is 0 Å². The molecule has 0 bridgehead atoms. The van der Waals surface area contributed by atoms with Crippen LogP contribution in [0.4, 0.5) is 5.82 Å². The number of anilines is 1. The average Bonchev–Trinajstić information content (AvgIpc) is 2.88. The Morgan fingerprint density at radius 3 is 3.10 bits per heavy atom. The highest BCUT2D eigenvalue weighted by Crippen LogP contribution is 2.35. The van der Waals surface area contributed by atoms with Gasteiger partial charge in [-0.1, -0.05) is 0 Å². The molecule has 1 aromatic rings. The van der Waals surface area contributed by atoms with Gasteiger partial charge in [0.2, 0.25) is 0 Å². The first-order valence-corrected chi connectivity index (χ1v) is 7.48. The summed E-state index contributed by atoms with van der Waals surface area (Å²) in [4.78, 5) is 8.93. The Hall–Kier alpha value is -1.20. The molecular formula is C15H23N3O2. The maximum atomic E-state index is 5.82. The molecule has 0 radical (unpaired) electrons. The Balaban J connectivity index is 1.73. The fourth-order valence-corrected chi connectivity index (χ4v) is 3.44. The number of aryl methyl sites for hydroxylation is 1. The topological polar surface area (TPSA) is 56.3 Å². The lowest BCUT2D eigenvalue weighted by atomic mass is 9.82. The molecule has 1 N–H and O–H groups in total. The van der Waals surface area contributed by atoms with Crippen molar-refractivity contribution in [1.29, 1.82) is 0 Å². The number of fused-ring (bicyclic) bond motifs is 1. The first kappa shape index (κ1) is 13.8. The molecule has 2 fully saturated rings. The van der Waals surface area contributed by atoms with Gasteiger partial charge in [-0.15, -0.1) is 0 Å². The van der Waals surface area contributed by atoms with Crippen LogP contribution < -0.4 is 5.32 Å². The van der Waals surface area contributed by atoms with E-state index >= 15 is 0 Å². The second-order valence-electron chi connectivity index (χ2n) is 5.79. The summed E-state index contributed by atoms with van der Waals surface area (Å²) in [5, 5.41) is 3.61. The van der Waals surface area contributed by atoms with Crippen molar-refractivity contribution in [3.63, 3.8) is 0 Å². The van der Waals surface area contributed by atoms with Gasteiger partial charge in [-0.2, -0.15) is 0 Å². The maximum Gasteiger partial charge on any atom is 0.156 e. The number of nitrogens with zero attached hydrogens (tertiary/aromatic N) is 2. The summed E-state index contributed by atoms with van der Waals surface area (Å²) < 4.78 is 10.9. The van der Waals surface area contributed by atoms with E-state index in [4.69, 9.17) is 9.47 Å². The lowest BCUT2D eigenvalue weighted by Gasteiger charge is -2.33. The fraction of sp³-hybridized carbons (Fsp3) is 0.733. The third-order valence-electron chi connectivity index (χ3n) is 4.29. The van der Waals surface area contributed by atoms with E-state index in [0.29, 0.717) is 24.7 Å². The smallest absolute Gasteiger partial charge is 0.156 e. The molecule has 0 spiro atoms. The second-order valence-corrected chi connectivity index (χ2v) is 5.79. The van der Waals surface area contributed by atoms with E-state index < -0.39 is 0 Å². The Morgan fingerprint density at radius 2 is 2.25 bits per heavy atom. The molecule has 1 aromatic heterocycles. The highest BCUT2D eigenvalue weighted by atomic mass is 16.5. The predicted octanol–water partition coefficient (Wildman–Crippen LogP) is 2.30. The molecule has 2 aliphatic rings. The van der Waals surface area contributed by atoms with Gasteiger partial charge in [0.1, 0.15) is 12.4 Å². The van der Waals surface area contributed by atoms with Crippen LogP contribution in [0.15, 0.2) is 6.07 Å². The van der Waals surface area contributed by atoms with Gasteiger partial charge in [0, 0.05) is 37.4 Å². The van der Waals surface area contributed by atoms with Crippen LogP contribution in [-0.2, 0) is 16.1 Å². The summed E-state index contributed by atoms with van der Waals surface area (Å²) in [5.41, 5.74) is 0.976. The van der Waals surface area contributed by atoms with Crippen LogP contribution in [0.2, 0.25) is 0 Å². The third kappa shape index (κ3) is 2.94. The monoisotopic (exact) mass is 277 g/mol. The molecule has 0 amide bonds. The summed E-state index contributed by atoms with van der Waals surface area (Å²) in [6, 6.07) is 2.49. The molecule has 0 unspecified atom stereocenters. The van der Waals surface area contributed by atoms with Crippen molar-refractivity contribution in [2.45, 2.75) is 51.4 Å². The third-order valence-corrected chi connectivity index (χ3v) is 4.29. The molecule has 3 rings (SSSR count). The van der Waals surface area contributed by atoms with E-state index in [9.17, 15) is 0 Å². The van der Waals surface area contributed by atoms with Crippen LogP contribution in [0.25, 0.3) is 0 Å². The number of hydrogen-bond donors (Lipinski definition) is 1. The van der Waals surface area contributed by atoms with Crippen molar-refractivity contribution in [3.8, 4) is 0 Å². The van der Waals surface area contributed by atoms with Gasteiger partial charge in [-0.25, -0.2) is 9.97 Å². The first-order valence-electron chi connectivity index (χ1n) is 7.48. The fourth-order valence-electron chi connectivity index (χ4n) is 3.44. The average molecular weight is 277 g/mol. The van der Waals surface area contributed by atoms with Crippen LogP contribution >= 0.6 is 0 Å². The van der Waals surface area contributed by atoms with Crippen LogP contribution in [0.3, 0.4) is 0 Å². The van der Waals surface area contributed by atoms with E-state index in [-0.39, 0.29) is 0 Å². The number of methoxy groups -OCH3 is 1. The zero-order valence-corrected chi connectivity index (χ0v) is 12.3. The largest absolute Gasteiger partial charge is 0.378 e. The van der Waals surface area contributed by atoms with E-state index in [0.717, 1.165) is 30.4 Å². The van der Waals surface area contributed by atoms with Crippen molar-refractivity contribution in [3.05, 3.63) is 17.6 Å². The molecular weight excluding hydrogens is 254 g/mol. The standard InChI is InChI=1S/C15H23N3O2/c1-10-8-14(18-15(16-10)9-19-2)17-12-4-3-5-13-11(12)6-7-20-13/h8,11-13H,3-7,9H2,1-2H3,(H,16,17,18)/t11-,12+,13+/m0/s1. The Bertz CT molecular complexity index is 466. The van der Waals surface area contributed by atoms with Crippen LogP contribution in [0.1, 0.15) is 37.2 Å². The van der Waals surface area contributed by atoms with Crippen molar-refractivity contribution < 1.29 is 9.47 Å². The van der Waals surface area contributed by atoms with Gasteiger partial charge in [-0.3, -0.25) is 0 Å². The highest BCUT2D eigenvalue weighted by molar-refractivity contribution is 5.37. The molecule has 20 heavy (non-hydrogen) atoms. The molecule has 5 heteroatoms. The minimum absolute atomic E-state index is 0.447. The molecule has 1 saturated heterocycles. The second kappa shape index (κ2) is 6.06. The summed E-state index contributed by atoms with van der Waals surface area (Å²) in [7, 11) is 1.67. The SMILES string of the molecule is COCc1nc(C)cc(N[C@@H]2CCC[C@H]3OCC[C@@H]23)n1. The Labute approximate surface area is 120 Å². The number of aromatic nitrogens is 2. The highest BCUT2D eigenvalue weighted by Gasteiger charge is 2.37. The number of ether oxygens (including phenoxy) is 2. The zero-order valence-electron chi connectivity index (χ0n) is 12.3. The predicted molar refractivity (Wildman–Crippen MR) is 76.6 cm³/mol. The van der Waals surface area contributed by atoms with Crippen molar-refractivity contribution >= 4 is 5.82 Å². The molecule has 1 aliphatic carbocycles. The van der Waals surface area contributed by atoms with Gasteiger partial charge in [0.05, 0.1) is 6.10 Å². The van der Waals surface area contributed by atoms with Crippen LogP contribution in [-0.4, -0.2) is 35.8 Å². The molecule has 0 aromatic carbocycles. The summed E-state index contributed by atoms with van der Waals surface area (Å²) in [6.07, 6.45) is 5.25. The minimum atomic E-state index is 0.447. The lowest BCUT2D eigenvalue weighted by molar-refractivity contribution is 0.0619. The van der Waals surface area contributed by atoms with Crippen LogP contribution in [0.5, 0.6) is 0 Å². The molecule has 1 saturated carbocycles. The normalized spacial score (nSPS) is 29.2. The van der Waals surface area contributed by atoms with Gasteiger partial charge in [-0.05, 0) is 32.6 Å². The van der Waals surface area contributed by atoms with E-state index in [2.05, 4.69) is 15.3 Å². The van der Waals surface area contributed by atoms with Gasteiger partial charge in [0.25, 0.3) is 0 Å². The molecule has 110 valence electrons. The Kier molecular flexibility index (Phi) is 4.17. The molecule has 5 nitrogen and oxygen atoms in total. The molecule has 1 aliphatic heterocycles. The van der Waals surface area contributed by atoms with Crippen LogP contribution in [0, 0.1) is 12.8 Å². The van der Waals surface area contributed by atoms with Gasteiger partial charge < -0.3 is 14.8 Å².